The van der Waals surface area contributed by atoms with E-state index in [2.05, 4.69) is 12.2 Å². The smallest absolute Gasteiger partial charge is 0.303 e. The van der Waals surface area contributed by atoms with Crippen LogP contribution >= 0.6 is 0 Å². The van der Waals surface area contributed by atoms with Crippen LogP contribution in [0, 0.1) is 11.8 Å². The van der Waals surface area contributed by atoms with Crippen LogP contribution < -0.4 is 0 Å². The molecule has 2 nitrogen and oxygen atoms in total. The second kappa shape index (κ2) is 3.56. The summed E-state index contributed by atoms with van der Waals surface area (Å²) in [6, 6.07) is 0. The molecule has 0 bridgehead atoms. The predicted molar refractivity (Wildman–Crippen MR) is 43.3 cm³/mol. The van der Waals surface area contributed by atoms with Gasteiger partial charge in [0.15, 0.2) is 0 Å². The molecule has 2 heteroatoms. The number of carbonyl (C=O) groups is 1. The standard InChI is InChI=1S/C9H14O2/c1-7(6-9(10)11)8-4-2-3-5-8/h2-3,7-8H,4-6H2,1H3,(H,10,11). The van der Waals surface area contributed by atoms with Crippen molar-refractivity contribution in [1.82, 2.24) is 0 Å². The Bertz CT molecular complexity index is 164. The van der Waals surface area contributed by atoms with E-state index in [0.29, 0.717) is 18.3 Å². The second-order valence-corrected chi connectivity index (χ2v) is 3.28. The molecule has 0 amide bonds. The van der Waals surface area contributed by atoms with Gasteiger partial charge in [-0.1, -0.05) is 19.1 Å². The first-order valence-corrected chi connectivity index (χ1v) is 4.07. The van der Waals surface area contributed by atoms with Gasteiger partial charge in [-0.3, -0.25) is 4.79 Å². The van der Waals surface area contributed by atoms with Gasteiger partial charge < -0.3 is 5.11 Å². The highest BCUT2D eigenvalue weighted by Gasteiger charge is 2.19. The third kappa shape index (κ3) is 2.37. The highest BCUT2D eigenvalue weighted by Crippen LogP contribution is 2.27. The van der Waals surface area contributed by atoms with Gasteiger partial charge in [0.25, 0.3) is 0 Å². The van der Waals surface area contributed by atoms with Crippen molar-refractivity contribution in [3.63, 3.8) is 0 Å². The summed E-state index contributed by atoms with van der Waals surface area (Å²) >= 11 is 0. The van der Waals surface area contributed by atoms with Crippen molar-refractivity contribution < 1.29 is 9.90 Å². The van der Waals surface area contributed by atoms with Gasteiger partial charge in [-0.2, -0.15) is 0 Å². The predicted octanol–water partition coefficient (Wildman–Crippen LogP) is 2.06. The molecule has 1 unspecified atom stereocenters. The Hall–Kier alpha value is -0.790. The van der Waals surface area contributed by atoms with E-state index in [9.17, 15) is 4.79 Å². The molecule has 11 heavy (non-hydrogen) atoms. The van der Waals surface area contributed by atoms with E-state index in [0.717, 1.165) is 12.8 Å². The molecule has 1 N–H and O–H groups in total. The molecule has 0 fully saturated rings. The highest BCUT2D eigenvalue weighted by molar-refractivity contribution is 5.67. The molecule has 0 heterocycles. The Morgan fingerprint density at radius 2 is 2.18 bits per heavy atom. The van der Waals surface area contributed by atoms with Gasteiger partial charge in [0.05, 0.1) is 0 Å². The zero-order valence-corrected chi connectivity index (χ0v) is 6.79. The van der Waals surface area contributed by atoms with Crippen molar-refractivity contribution >= 4 is 5.97 Å². The first-order chi connectivity index (χ1) is 5.20. The molecule has 62 valence electrons. The van der Waals surface area contributed by atoms with Gasteiger partial charge in [-0.15, -0.1) is 0 Å². The summed E-state index contributed by atoms with van der Waals surface area (Å²) < 4.78 is 0. The maximum Gasteiger partial charge on any atom is 0.303 e. The number of hydrogen-bond donors (Lipinski definition) is 1. The van der Waals surface area contributed by atoms with E-state index in [4.69, 9.17) is 5.11 Å². The molecular weight excluding hydrogens is 140 g/mol. The van der Waals surface area contributed by atoms with Crippen LogP contribution in [0.4, 0.5) is 0 Å². The number of allylic oxidation sites excluding steroid dienone is 2. The van der Waals surface area contributed by atoms with Crippen LogP contribution in [0.1, 0.15) is 26.2 Å². The molecule has 0 aliphatic heterocycles. The fourth-order valence-corrected chi connectivity index (χ4v) is 1.54. The fraction of sp³-hybridized carbons (Fsp3) is 0.667. The molecule has 1 rings (SSSR count). The van der Waals surface area contributed by atoms with Crippen molar-refractivity contribution in [1.29, 1.82) is 0 Å². The van der Waals surface area contributed by atoms with E-state index in [1.165, 1.54) is 0 Å². The van der Waals surface area contributed by atoms with Crippen LogP contribution in [-0.4, -0.2) is 11.1 Å². The number of aliphatic carboxylic acids is 1. The largest absolute Gasteiger partial charge is 0.481 e. The third-order valence-electron chi connectivity index (χ3n) is 2.35. The van der Waals surface area contributed by atoms with E-state index < -0.39 is 5.97 Å². The first-order valence-electron chi connectivity index (χ1n) is 4.07. The summed E-state index contributed by atoms with van der Waals surface area (Å²) in [6.07, 6.45) is 6.72. The third-order valence-corrected chi connectivity index (χ3v) is 2.35. The summed E-state index contributed by atoms with van der Waals surface area (Å²) in [5.41, 5.74) is 0. The van der Waals surface area contributed by atoms with E-state index in [1.54, 1.807) is 0 Å². The Morgan fingerprint density at radius 1 is 1.64 bits per heavy atom. The maximum absolute atomic E-state index is 10.3. The molecular formula is C9H14O2. The average molecular weight is 154 g/mol. The quantitative estimate of drug-likeness (QED) is 0.632. The lowest BCUT2D eigenvalue weighted by Crippen LogP contribution is -2.12. The number of carboxylic acid groups (broad SMARTS) is 1. The van der Waals surface area contributed by atoms with Gasteiger partial charge in [-0.25, -0.2) is 0 Å². The van der Waals surface area contributed by atoms with Gasteiger partial charge in [0, 0.05) is 6.42 Å². The van der Waals surface area contributed by atoms with Crippen molar-refractivity contribution in [3.05, 3.63) is 12.2 Å². The van der Waals surface area contributed by atoms with E-state index in [1.807, 2.05) is 6.92 Å². The Morgan fingerprint density at radius 3 is 2.64 bits per heavy atom. The monoisotopic (exact) mass is 154 g/mol. The highest BCUT2D eigenvalue weighted by atomic mass is 16.4. The molecule has 1 aliphatic carbocycles. The zero-order valence-electron chi connectivity index (χ0n) is 6.79. The minimum atomic E-state index is -0.676. The molecule has 0 saturated heterocycles. The minimum absolute atomic E-state index is 0.312. The lowest BCUT2D eigenvalue weighted by atomic mass is 9.89. The molecule has 0 spiro atoms. The molecule has 1 aliphatic rings. The Kier molecular flexibility index (Phi) is 2.69. The first kappa shape index (κ1) is 8.31. The Balaban J connectivity index is 2.29. The Labute approximate surface area is 66.9 Å². The van der Waals surface area contributed by atoms with E-state index >= 15 is 0 Å². The number of rotatable bonds is 3. The molecule has 0 aromatic carbocycles. The van der Waals surface area contributed by atoms with Gasteiger partial charge >= 0.3 is 5.97 Å². The van der Waals surface area contributed by atoms with Crippen molar-refractivity contribution in [2.75, 3.05) is 0 Å². The SMILES string of the molecule is CC(CC(=O)O)C1CC=CC1. The minimum Gasteiger partial charge on any atom is -0.481 e. The van der Waals surface area contributed by atoms with Gasteiger partial charge in [0.2, 0.25) is 0 Å². The lowest BCUT2D eigenvalue weighted by molar-refractivity contribution is -0.138. The molecule has 0 aromatic rings. The van der Waals surface area contributed by atoms with Crippen LogP contribution in [0.25, 0.3) is 0 Å². The van der Waals surface area contributed by atoms with Crippen LogP contribution in [0.15, 0.2) is 12.2 Å². The summed E-state index contributed by atoms with van der Waals surface area (Å²) in [6.45, 7) is 2.02. The van der Waals surface area contributed by atoms with Crippen LogP contribution in [0.3, 0.4) is 0 Å². The van der Waals surface area contributed by atoms with Gasteiger partial charge in [-0.05, 0) is 24.7 Å². The summed E-state index contributed by atoms with van der Waals surface area (Å²) in [5, 5.41) is 8.52. The maximum atomic E-state index is 10.3. The summed E-state index contributed by atoms with van der Waals surface area (Å²) in [4.78, 5) is 10.3. The fourth-order valence-electron chi connectivity index (χ4n) is 1.54. The topological polar surface area (TPSA) is 37.3 Å². The van der Waals surface area contributed by atoms with Crippen LogP contribution in [0.2, 0.25) is 0 Å². The van der Waals surface area contributed by atoms with Crippen molar-refractivity contribution in [3.8, 4) is 0 Å². The normalized spacial score (nSPS) is 20.5. The van der Waals surface area contributed by atoms with Crippen LogP contribution in [0.5, 0.6) is 0 Å². The van der Waals surface area contributed by atoms with Crippen molar-refractivity contribution in [2.24, 2.45) is 11.8 Å². The average Bonchev–Trinajstić information content (AvgIpc) is 2.35. The lowest BCUT2D eigenvalue weighted by Gasteiger charge is -2.15. The molecule has 0 radical (unpaired) electrons. The molecule has 0 aromatic heterocycles. The van der Waals surface area contributed by atoms with Crippen LogP contribution in [-0.2, 0) is 4.79 Å². The number of hydrogen-bond acceptors (Lipinski definition) is 1. The summed E-state index contributed by atoms with van der Waals surface area (Å²) in [5.74, 6) is 0.220. The molecule has 0 saturated carbocycles. The molecule has 1 atom stereocenters. The second-order valence-electron chi connectivity index (χ2n) is 3.28. The summed E-state index contributed by atoms with van der Waals surface area (Å²) in [7, 11) is 0. The van der Waals surface area contributed by atoms with Crippen molar-refractivity contribution in [2.45, 2.75) is 26.2 Å². The van der Waals surface area contributed by atoms with E-state index in [-0.39, 0.29) is 0 Å². The number of carboxylic acids is 1. The van der Waals surface area contributed by atoms with Gasteiger partial charge in [0.1, 0.15) is 0 Å². The zero-order chi connectivity index (χ0) is 8.27.